The van der Waals surface area contributed by atoms with Crippen molar-refractivity contribution < 1.29 is 9.90 Å². The second kappa shape index (κ2) is 5.82. The molecule has 0 bridgehead atoms. The van der Waals surface area contributed by atoms with Crippen molar-refractivity contribution >= 4 is 21.8 Å². The molecule has 0 fully saturated rings. The number of hydrogen-bond donors (Lipinski definition) is 2. The molecule has 0 saturated heterocycles. The molecule has 15 heavy (non-hydrogen) atoms. The first-order valence-electron chi connectivity index (χ1n) is 4.67. The number of aliphatic hydroxyl groups is 1. The Kier molecular flexibility index (Phi) is 4.71. The van der Waals surface area contributed by atoms with Gasteiger partial charge in [-0.3, -0.25) is 9.78 Å². The normalized spacial score (nSPS) is 12.2. The van der Waals surface area contributed by atoms with Crippen molar-refractivity contribution in [3.63, 3.8) is 0 Å². The first-order chi connectivity index (χ1) is 7.09. The van der Waals surface area contributed by atoms with Crippen LogP contribution < -0.4 is 5.32 Å². The number of aliphatic hydroxyl groups excluding tert-OH is 1. The molecule has 1 rings (SSSR count). The van der Waals surface area contributed by atoms with Crippen molar-refractivity contribution in [1.29, 1.82) is 0 Å². The Labute approximate surface area is 96.8 Å². The molecule has 2 N–H and O–H groups in total. The number of pyridine rings is 1. The fourth-order valence-electron chi connectivity index (χ4n) is 1.01. The highest BCUT2D eigenvalue weighted by atomic mass is 79.9. The number of carbonyl (C=O) groups is 1. The summed E-state index contributed by atoms with van der Waals surface area (Å²) in [5, 5.41) is 11.7. The molecular weight excluding hydrogens is 260 g/mol. The maximum atomic E-state index is 11.5. The van der Waals surface area contributed by atoms with Gasteiger partial charge in [0.25, 0.3) is 5.91 Å². The zero-order valence-electron chi connectivity index (χ0n) is 8.40. The van der Waals surface area contributed by atoms with Crippen molar-refractivity contribution in [1.82, 2.24) is 10.3 Å². The van der Waals surface area contributed by atoms with E-state index in [0.717, 1.165) is 4.47 Å². The van der Waals surface area contributed by atoms with Crippen LogP contribution in [0.3, 0.4) is 0 Å². The van der Waals surface area contributed by atoms with Crippen molar-refractivity contribution in [2.75, 3.05) is 6.54 Å². The lowest BCUT2D eigenvalue weighted by Gasteiger charge is -2.06. The van der Waals surface area contributed by atoms with Crippen LogP contribution in [-0.2, 0) is 0 Å². The largest absolute Gasteiger partial charge is 0.393 e. The molecule has 1 aromatic rings. The molecule has 1 heterocycles. The zero-order chi connectivity index (χ0) is 11.3. The molecule has 0 aliphatic rings. The molecule has 0 saturated carbocycles. The van der Waals surface area contributed by atoms with E-state index >= 15 is 0 Å². The number of aromatic nitrogens is 1. The number of amides is 1. The highest BCUT2D eigenvalue weighted by Crippen LogP contribution is 2.08. The predicted octanol–water partition coefficient (Wildman–Crippen LogP) is 1.34. The van der Waals surface area contributed by atoms with Crippen molar-refractivity contribution in [3.05, 3.63) is 28.5 Å². The van der Waals surface area contributed by atoms with E-state index in [1.54, 1.807) is 25.3 Å². The van der Waals surface area contributed by atoms with Gasteiger partial charge in [-0.15, -0.1) is 0 Å². The van der Waals surface area contributed by atoms with Crippen LogP contribution in [0.1, 0.15) is 23.8 Å². The molecule has 1 amide bonds. The number of nitrogens with one attached hydrogen (secondary N) is 1. The third-order valence-electron chi connectivity index (χ3n) is 1.80. The van der Waals surface area contributed by atoms with Gasteiger partial charge in [0, 0.05) is 17.2 Å². The molecule has 82 valence electrons. The van der Waals surface area contributed by atoms with Gasteiger partial charge < -0.3 is 10.4 Å². The van der Waals surface area contributed by atoms with Gasteiger partial charge in [-0.2, -0.15) is 0 Å². The van der Waals surface area contributed by atoms with Crippen LogP contribution in [0.15, 0.2) is 22.8 Å². The first kappa shape index (κ1) is 12.1. The molecule has 0 spiro atoms. The van der Waals surface area contributed by atoms with Crippen molar-refractivity contribution in [2.45, 2.75) is 19.4 Å². The Balaban J connectivity index is 2.47. The van der Waals surface area contributed by atoms with Crippen LogP contribution in [0.25, 0.3) is 0 Å². The van der Waals surface area contributed by atoms with Gasteiger partial charge in [0.1, 0.15) is 5.69 Å². The van der Waals surface area contributed by atoms with Crippen LogP contribution in [0.5, 0.6) is 0 Å². The van der Waals surface area contributed by atoms with Crippen LogP contribution >= 0.6 is 15.9 Å². The molecule has 4 nitrogen and oxygen atoms in total. The average molecular weight is 273 g/mol. The van der Waals surface area contributed by atoms with Gasteiger partial charge in [0.15, 0.2) is 0 Å². The van der Waals surface area contributed by atoms with Gasteiger partial charge in [-0.25, -0.2) is 0 Å². The van der Waals surface area contributed by atoms with E-state index in [9.17, 15) is 4.79 Å². The fourth-order valence-corrected chi connectivity index (χ4v) is 1.35. The molecule has 0 aliphatic carbocycles. The Morgan fingerprint density at radius 2 is 2.47 bits per heavy atom. The molecule has 1 aromatic heterocycles. The second-order valence-electron chi connectivity index (χ2n) is 3.25. The predicted molar refractivity (Wildman–Crippen MR) is 60.6 cm³/mol. The first-order valence-corrected chi connectivity index (χ1v) is 5.46. The molecule has 5 heteroatoms. The molecule has 1 atom stereocenters. The summed E-state index contributed by atoms with van der Waals surface area (Å²) in [4.78, 5) is 15.4. The second-order valence-corrected chi connectivity index (χ2v) is 4.17. The quantitative estimate of drug-likeness (QED) is 0.870. The average Bonchev–Trinajstić information content (AvgIpc) is 2.17. The van der Waals surface area contributed by atoms with E-state index in [1.165, 1.54) is 0 Å². The zero-order valence-corrected chi connectivity index (χ0v) is 9.99. The van der Waals surface area contributed by atoms with E-state index in [0.29, 0.717) is 18.7 Å². The van der Waals surface area contributed by atoms with Crippen LogP contribution in [0.4, 0.5) is 0 Å². The van der Waals surface area contributed by atoms with Crippen LogP contribution in [0, 0.1) is 0 Å². The van der Waals surface area contributed by atoms with E-state index in [4.69, 9.17) is 5.11 Å². The highest BCUT2D eigenvalue weighted by molar-refractivity contribution is 9.10. The number of halogens is 1. The van der Waals surface area contributed by atoms with Crippen molar-refractivity contribution in [2.24, 2.45) is 0 Å². The summed E-state index contributed by atoms with van der Waals surface area (Å²) in [6.45, 7) is 2.13. The maximum Gasteiger partial charge on any atom is 0.269 e. The van der Waals surface area contributed by atoms with Crippen LogP contribution in [-0.4, -0.2) is 28.6 Å². The Morgan fingerprint density at radius 3 is 3.07 bits per heavy atom. The maximum absolute atomic E-state index is 11.5. The number of nitrogens with zero attached hydrogens (tertiary/aromatic N) is 1. The summed E-state index contributed by atoms with van der Waals surface area (Å²) < 4.78 is 0.818. The number of rotatable bonds is 4. The minimum absolute atomic E-state index is 0.225. The fraction of sp³-hybridized carbons (Fsp3) is 0.400. The smallest absolute Gasteiger partial charge is 0.269 e. The number of carbonyl (C=O) groups excluding carboxylic acids is 1. The van der Waals surface area contributed by atoms with Gasteiger partial charge in [0.05, 0.1) is 6.10 Å². The van der Waals surface area contributed by atoms with E-state index in [1.807, 2.05) is 0 Å². The summed E-state index contributed by atoms with van der Waals surface area (Å²) in [5.41, 5.74) is 0.370. The lowest BCUT2D eigenvalue weighted by molar-refractivity contribution is 0.0940. The summed E-state index contributed by atoms with van der Waals surface area (Å²) in [6, 6.07) is 3.41. The summed E-state index contributed by atoms with van der Waals surface area (Å²) in [6.07, 6.45) is 1.70. The third kappa shape index (κ3) is 4.40. The molecule has 0 radical (unpaired) electrons. The minimum Gasteiger partial charge on any atom is -0.393 e. The highest BCUT2D eigenvalue weighted by Gasteiger charge is 2.06. The number of hydrogen-bond acceptors (Lipinski definition) is 3. The Bertz CT molecular complexity index is 342. The topological polar surface area (TPSA) is 62.2 Å². The molecule has 0 aliphatic heterocycles. The molecule has 0 aromatic carbocycles. The Hall–Kier alpha value is -0.940. The standard InChI is InChI=1S/C10H13BrN2O2/c1-7(14)2-4-13-10(15)9-6-8(11)3-5-12-9/h3,5-7,14H,2,4H2,1H3,(H,13,15). The lowest BCUT2D eigenvalue weighted by atomic mass is 10.3. The van der Waals surface area contributed by atoms with Gasteiger partial charge in [-0.1, -0.05) is 15.9 Å². The van der Waals surface area contributed by atoms with Gasteiger partial charge >= 0.3 is 0 Å². The molecule has 1 unspecified atom stereocenters. The summed E-state index contributed by atoms with van der Waals surface area (Å²) >= 11 is 3.26. The summed E-state index contributed by atoms with van der Waals surface area (Å²) in [5.74, 6) is -0.225. The molecular formula is C10H13BrN2O2. The van der Waals surface area contributed by atoms with Crippen LogP contribution in [0.2, 0.25) is 0 Å². The minimum atomic E-state index is -0.402. The van der Waals surface area contributed by atoms with Gasteiger partial charge in [0.2, 0.25) is 0 Å². The Morgan fingerprint density at radius 1 is 1.73 bits per heavy atom. The van der Waals surface area contributed by atoms with E-state index in [2.05, 4.69) is 26.2 Å². The van der Waals surface area contributed by atoms with E-state index < -0.39 is 6.10 Å². The monoisotopic (exact) mass is 272 g/mol. The van der Waals surface area contributed by atoms with Crippen molar-refractivity contribution in [3.8, 4) is 0 Å². The lowest BCUT2D eigenvalue weighted by Crippen LogP contribution is -2.27. The van der Waals surface area contributed by atoms with Gasteiger partial charge in [-0.05, 0) is 25.5 Å². The third-order valence-corrected chi connectivity index (χ3v) is 2.30. The summed E-state index contributed by atoms with van der Waals surface area (Å²) in [7, 11) is 0. The SMILES string of the molecule is CC(O)CCNC(=O)c1cc(Br)ccn1. The van der Waals surface area contributed by atoms with E-state index in [-0.39, 0.29) is 5.91 Å².